The van der Waals surface area contributed by atoms with E-state index in [2.05, 4.69) is 6.58 Å². The Morgan fingerprint density at radius 2 is 2.12 bits per heavy atom. The predicted octanol–water partition coefficient (Wildman–Crippen LogP) is 2.52. The van der Waals surface area contributed by atoms with Crippen molar-refractivity contribution in [3.8, 4) is 5.75 Å². The van der Waals surface area contributed by atoms with Crippen LogP contribution < -0.4 is 4.74 Å². The summed E-state index contributed by atoms with van der Waals surface area (Å²) in [6.45, 7) is 3.71. The average molecular weight is 238 g/mol. The van der Waals surface area contributed by atoms with Crippen molar-refractivity contribution in [2.45, 2.75) is 4.90 Å². The van der Waals surface area contributed by atoms with Crippen LogP contribution in [0.1, 0.15) is 0 Å². The van der Waals surface area contributed by atoms with Gasteiger partial charge in [0.2, 0.25) is 0 Å². The number of hydrogen-bond donors (Lipinski definition) is 0. The minimum atomic E-state index is -0.379. The van der Waals surface area contributed by atoms with Gasteiger partial charge in [0.25, 0.3) is 0 Å². The van der Waals surface area contributed by atoms with Gasteiger partial charge in [-0.1, -0.05) is 6.58 Å². The molecule has 0 heterocycles. The second kappa shape index (κ2) is 6.95. The second-order valence-corrected chi connectivity index (χ2v) is 4.06. The third-order valence-corrected chi connectivity index (χ3v) is 2.80. The number of ether oxygens (including phenoxy) is 2. The molecule has 0 aromatic heterocycles. The molecule has 0 bridgehead atoms. The lowest BCUT2D eigenvalue weighted by atomic mass is 10.3. The minimum Gasteiger partial charge on any atom is -0.497 e. The van der Waals surface area contributed by atoms with Crippen molar-refractivity contribution >= 4 is 17.7 Å². The number of carbonyl (C=O) groups is 1. The molecule has 0 aliphatic rings. The molecule has 0 saturated carbocycles. The third kappa shape index (κ3) is 4.40. The maximum absolute atomic E-state index is 10.7. The topological polar surface area (TPSA) is 35.5 Å². The fraction of sp³-hybridized carbons (Fsp3) is 0.250. The first-order chi connectivity index (χ1) is 7.76. The van der Waals surface area contributed by atoms with Gasteiger partial charge in [0.05, 0.1) is 7.11 Å². The van der Waals surface area contributed by atoms with E-state index < -0.39 is 0 Å². The Kier molecular flexibility index (Phi) is 5.50. The molecular formula is C12H14O3S. The van der Waals surface area contributed by atoms with Gasteiger partial charge in [-0.3, -0.25) is 0 Å². The molecule has 0 N–H and O–H groups in total. The van der Waals surface area contributed by atoms with Crippen LogP contribution in [0.2, 0.25) is 0 Å². The van der Waals surface area contributed by atoms with Crippen LogP contribution in [-0.2, 0) is 9.53 Å². The lowest BCUT2D eigenvalue weighted by Crippen LogP contribution is -2.03. The van der Waals surface area contributed by atoms with Gasteiger partial charge < -0.3 is 9.47 Å². The Morgan fingerprint density at radius 1 is 1.44 bits per heavy atom. The standard InChI is InChI=1S/C12H14O3S/c1-3-12(13)15-8-9-16-11-6-4-10(14-2)5-7-11/h3-7H,1,8-9H2,2H3. The Hall–Kier alpha value is -1.42. The van der Waals surface area contributed by atoms with Gasteiger partial charge in [0.1, 0.15) is 12.4 Å². The number of carbonyl (C=O) groups excluding carboxylic acids is 1. The summed E-state index contributed by atoms with van der Waals surface area (Å²) in [4.78, 5) is 11.9. The van der Waals surface area contributed by atoms with Crippen molar-refractivity contribution in [1.82, 2.24) is 0 Å². The van der Waals surface area contributed by atoms with Crippen molar-refractivity contribution in [3.05, 3.63) is 36.9 Å². The normalized spacial score (nSPS) is 9.56. The van der Waals surface area contributed by atoms with Crippen molar-refractivity contribution < 1.29 is 14.3 Å². The molecule has 0 radical (unpaired) electrons. The highest BCUT2D eigenvalue weighted by Gasteiger charge is 1.97. The van der Waals surface area contributed by atoms with Crippen LogP contribution in [0.5, 0.6) is 5.75 Å². The molecule has 0 amide bonds. The molecule has 16 heavy (non-hydrogen) atoms. The van der Waals surface area contributed by atoms with Crippen LogP contribution >= 0.6 is 11.8 Å². The van der Waals surface area contributed by atoms with Gasteiger partial charge in [-0.15, -0.1) is 11.8 Å². The molecule has 3 nitrogen and oxygen atoms in total. The molecule has 0 fully saturated rings. The predicted molar refractivity (Wildman–Crippen MR) is 64.9 cm³/mol. The maximum atomic E-state index is 10.7. The minimum absolute atomic E-state index is 0.379. The average Bonchev–Trinajstić information content (AvgIpc) is 2.35. The quantitative estimate of drug-likeness (QED) is 0.330. The van der Waals surface area contributed by atoms with Crippen LogP contribution in [0, 0.1) is 0 Å². The van der Waals surface area contributed by atoms with E-state index in [-0.39, 0.29) is 5.97 Å². The highest BCUT2D eigenvalue weighted by atomic mass is 32.2. The zero-order chi connectivity index (χ0) is 11.8. The Morgan fingerprint density at radius 3 is 2.69 bits per heavy atom. The first kappa shape index (κ1) is 12.6. The first-order valence-corrected chi connectivity index (χ1v) is 5.81. The maximum Gasteiger partial charge on any atom is 0.330 e. The summed E-state index contributed by atoms with van der Waals surface area (Å²) in [6, 6.07) is 7.74. The van der Waals surface area contributed by atoms with Gasteiger partial charge in [-0.05, 0) is 24.3 Å². The summed E-state index contributed by atoms with van der Waals surface area (Å²) in [7, 11) is 1.64. The first-order valence-electron chi connectivity index (χ1n) is 4.82. The van der Waals surface area contributed by atoms with Crippen molar-refractivity contribution in [3.63, 3.8) is 0 Å². The monoisotopic (exact) mass is 238 g/mol. The van der Waals surface area contributed by atoms with E-state index in [0.29, 0.717) is 6.61 Å². The lowest BCUT2D eigenvalue weighted by molar-refractivity contribution is -0.137. The molecule has 1 aromatic carbocycles. The molecule has 0 aliphatic carbocycles. The van der Waals surface area contributed by atoms with Crippen molar-refractivity contribution in [2.24, 2.45) is 0 Å². The van der Waals surface area contributed by atoms with E-state index in [9.17, 15) is 4.79 Å². The largest absolute Gasteiger partial charge is 0.497 e. The zero-order valence-corrected chi connectivity index (χ0v) is 9.96. The van der Waals surface area contributed by atoms with E-state index in [1.54, 1.807) is 18.9 Å². The third-order valence-electron chi connectivity index (χ3n) is 1.82. The number of benzene rings is 1. The van der Waals surface area contributed by atoms with E-state index in [1.165, 1.54) is 0 Å². The molecule has 1 aromatic rings. The summed E-state index contributed by atoms with van der Waals surface area (Å²) in [5, 5.41) is 0. The number of hydrogen-bond acceptors (Lipinski definition) is 4. The fourth-order valence-electron chi connectivity index (χ4n) is 1.03. The van der Waals surface area contributed by atoms with Gasteiger partial charge in [-0.2, -0.15) is 0 Å². The van der Waals surface area contributed by atoms with Crippen LogP contribution in [0.3, 0.4) is 0 Å². The number of esters is 1. The molecule has 4 heteroatoms. The highest BCUT2D eigenvalue weighted by molar-refractivity contribution is 7.99. The Bertz CT molecular complexity index is 346. The Labute approximate surface area is 99.4 Å². The van der Waals surface area contributed by atoms with Gasteiger partial charge in [0, 0.05) is 16.7 Å². The number of rotatable bonds is 6. The summed E-state index contributed by atoms with van der Waals surface area (Å²) >= 11 is 1.63. The van der Waals surface area contributed by atoms with Crippen molar-refractivity contribution in [1.29, 1.82) is 0 Å². The van der Waals surface area contributed by atoms with Gasteiger partial charge in [-0.25, -0.2) is 4.79 Å². The van der Waals surface area contributed by atoms with Crippen LogP contribution in [0.4, 0.5) is 0 Å². The molecule has 0 saturated heterocycles. The second-order valence-electron chi connectivity index (χ2n) is 2.90. The smallest absolute Gasteiger partial charge is 0.330 e. The highest BCUT2D eigenvalue weighted by Crippen LogP contribution is 2.20. The SMILES string of the molecule is C=CC(=O)OCCSc1ccc(OC)cc1. The molecule has 0 aliphatic heterocycles. The molecule has 0 unspecified atom stereocenters. The number of methoxy groups -OCH3 is 1. The molecule has 0 spiro atoms. The summed E-state index contributed by atoms with van der Waals surface area (Å²) in [5.74, 6) is 1.18. The number of thioether (sulfide) groups is 1. The molecule has 86 valence electrons. The molecular weight excluding hydrogens is 224 g/mol. The fourth-order valence-corrected chi connectivity index (χ4v) is 1.76. The van der Waals surface area contributed by atoms with Gasteiger partial charge in [0.15, 0.2) is 0 Å². The van der Waals surface area contributed by atoms with Gasteiger partial charge >= 0.3 is 5.97 Å². The Balaban J connectivity index is 2.26. The van der Waals surface area contributed by atoms with Crippen molar-refractivity contribution in [2.75, 3.05) is 19.5 Å². The van der Waals surface area contributed by atoms with Crippen LogP contribution in [-0.4, -0.2) is 25.4 Å². The van der Waals surface area contributed by atoms with E-state index in [4.69, 9.17) is 9.47 Å². The van der Waals surface area contributed by atoms with Crippen LogP contribution in [0.25, 0.3) is 0 Å². The van der Waals surface area contributed by atoms with E-state index >= 15 is 0 Å². The summed E-state index contributed by atoms with van der Waals surface area (Å²) in [5.41, 5.74) is 0. The zero-order valence-electron chi connectivity index (χ0n) is 9.14. The summed E-state index contributed by atoms with van der Waals surface area (Å²) in [6.07, 6.45) is 1.16. The lowest BCUT2D eigenvalue weighted by Gasteiger charge is -2.03. The molecule has 1 rings (SSSR count). The van der Waals surface area contributed by atoms with E-state index in [1.807, 2.05) is 24.3 Å². The van der Waals surface area contributed by atoms with E-state index in [0.717, 1.165) is 22.5 Å². The molecule has 0 atom stereocenters. The summed E-state index contributed by atoms with van der Waals surface area (Å²) < 4.78 is 9.91. The van der Waals surface area contributed by atoms with Crippen LogP contribution in [0.15, 0.2) is 41.8 Å².